The molecule has 0 aromatic heterocycles. The van der Waals surface area contributed by atoms with Gasteiger partial charge in [-0.2, -0.15) is 0 Å². The van der Waals surface area contributed by atoms with E-state index < -0.39 is 0 Å². The third kappa shape index (κ3) is 2.25. The van der Waals surface area contributed by atoms with Crippen molar-refractivity contribution in [3.05, 3.63) is 33.9 Å². The summed E-state index contributed by atoms with van der Waals surface area (Å²) in [5.41, 5.74) is 4.58. The van der Waals surface area contributed by atoms with Crippen LogP contribution in [0.25, 0.3) is 0 Å². The van der Waals surface area contributed by atoms with Gasteiger partial charge in [-0.1, -0.05) is 6.07 Å². The van der Waals surface area contributed by atoms with Gasteiger partial charge in [0.25, 0.3) is 0 Å². The zero-order chi connectivity index (χ0) is 12.3. The lowest BCUT2D eigenvalue weighted by Gasteiger charge is -2.15. The molecule has 0 radical (unpaired) electrons. The van der Waals surface area contributed by atoms with Gasteiger partial charge in [-0.3, -0.25) is 0 Å². The molecular weight excluding hydrogens is 204 g/mol. The Morgan fingerprint density at radius 1 is 1.31 bits per heavy atom. The van der Waals surface area contributed by atoms with E-state index in [2.05, 4.69) is 0 Å². The summed E-state index contributed by atoms with van der Waals surface area (Å²) >= 11 is 0. The van der Waals surface area contributed by atoms with Crippen molar-refractivity contribution in [1.82, 2.24) is 0 Å². The number of aliphatic hydroxyl groups is 1. The van der Waals surface area contributed by atoms with Gasteiger partial charge >= 0.3 is 5.97 Å². The van der Waals surface area contributed by atoms with Crippen LogP contribution in [0.2, 0.25) is 0 Å². The Hall–Kier alpha value is -1.35. The number of benzene rings is 1. The van der Waals surface area contributed by atoms with Crippen LogP contribution in [0.5, 0.6) is 0 Å². The molecular formula is C13H18O3. The van der Waals surface area contributed by atoms with Crippen molar-refractivity contribution in [3.63, 3.8) is 0 Å². The van der Waals surface area contributed by atoms with Crippen molar-refractivity contribution in [2.45, 2.75) is 27.2 Å². The number of ether oxygens (including phenoxy) is 1. The number of carbonyl (C=O) groups is 1. The lowest BCUT2D eigenvalue weighted by Crippen LogP contribution is -2.12. The predicted octanol–water partition coefficient (Wildman–Crippen LogP) is 1.93. The molecule has 0 atom stereocenters. The van der Waals surface area contributed by atoms with Crippen molar-refractivity contribution in [3.8, 4) is 0 Å². The summed E-state index contributed by atoms with van der Waals surface area (Å²) in [6.07, 6.45) is 0.485. The molecule has 1 N–H and O–H groups in total. The van der Waals surface area contributed by atoms with Crippen molar-refractivity contribution < 1.29 is 14.6 Å². The van der Waals surface area contributed by atoms with Crippen molar-refractivity contribution >= 4 is 5.97 Å². The topological polar surface area (TPSA) is 46.5 Å². The molecule has 0 bridgehead atoms. The molecule has 16 heavy (non-hydrogen) atoms. The molecule has 0 aliphatic rings. The lowest BCUT2D eigenvalue weighted by atomic mass is 9.91. The third-order valence-corrected chi connectivity index (χ3v) is 2.92. The molecule has 0 saturated carbocycles. The lowest BCUT2D eigenvalue weighted by molar-refractivity contribution is 0.0598. The maximum Gasteiger partial charge on any atom is 0.338 e. The second-order valence-electron chi connectivity index (χ2n) is 3.95. The minimum atomic E-state index is -0.330. The maximum absolute atomic E-state index is 11.7. The van der Waals surface area contributed by atoms with E-state index in [1.807, 2.05) is 26.8 Å². The summed E-state index contributed by atoms with van der Waals surface area (Å²) in [7, 11) is 1.37. The van der Waals surface area contributed by atoms with Crippen molar-refractivity contribution in [1.29, 1.82) is 0 Å². The molecule has 88 valence electrons. The van der Waals surface area contributed by atoms with Crippen LogP contribution >= 0.6 is 0 Å². The second-order valence-corrected chi connectivity index (χ2v) is 3.95. The van der Waals surface area contributed by atoms with E-state index >= 15 is 0 Å². The van der Waals surface area contributed by atoms with Crippen LogP contribution in [0.15, 0.2) is 6.07 Å². The molecule has 0 amide bonds. The number of carbonyl (C=O) groups excluding carboxylic acids is 1. The Morgan fingerprint density at radius 2 is 1.94 bits per heavy atom. The molecule has 0 heterocycles. The largest absolute Gasteiger partial charge is 0.465 e. The van der Waals surface area contributed by atoms with E-state index in [-0.39, 0.29) is 12.6 Å². The molecule has 1 aromatic rings. The Bertz CT molecular complexity index is 408. The fraction of sp³-hybridized carbons (Fsp3) is 0.462. The van der Waals surface area contributed by atoms with Gasteiger partial charge in [0.05, 0.1) is 12.7 Å². The SMILES string of the molecule is COC(=O)c1c(C)cc(C)c(C)c1CCO. The van der Waals surface area contributed by atoms with Gasteiger partial charge < -0.3 is 9.84 Å². The predicted molar refractivity (Wildman–Crippen MR) is 62.8 cm³/mol. The number of methoxy groups -OCH3 is 1. The number of rotatable bonds is 3. The number of esters is 1. The molecule has 0 saturated heterocycles. The zero-order valence-corrected chi connectivity index (χ0v) is 10.3. The van der Waals surface area contributed by atoms with Gasteiger partial charge in [0, 0.05) is 6.61 Å². The first-order valence-electron chi connectivity index (χ1n) is 5.31. The maximum atomic E-state index is 11.7. The number of hydrogen-bond donors (Lipinski definition) is 1. The summed E-state index contributed by atoms with van der Waals surface area (Å²) in [5, 5.41) is 9.05. The monoisotopic (exact) mass is 222 g/mol. The van der Waals surface area contributed by atoms with Crippen LogP contribution in [-0.2, 0) is 11.2 Å². The van der Waals surface area contributed by atoms with Gasteiger partial charge in [-0.25, -0.2) is 4.79 Å². The number of aliphatic hydroxyl groups excluding tert-OH is 1. The average molecular weight is 222 g/mol. The van der Waals surface area contributed by atoms with E-state index in [0.29, 0.717) is 12.0 Å². The Morgan fingerprint density at radius 3 is 2.44 bits per heavy atom. The van der Waals surface area contributed by atoms with E-state index in [0.717, 1.165) is 22.3 Å². The minimum absolute atomic E-state index is 0.0354. The van der Waals surface area contributed by atoms with Gasteiger partial charge in [0.2, 0.25) is 0 Å². The third-order valence-electron chi connectivity index (χ3n) is 2.92. The molecule has 1 rings (SSSR count). The highest BCUT2D eigenvalue weighted by Crippen LogP contribution is 2.23. The van der Waals surface area contributed by atoms with E-state index in [4.69, 9.17) is 9.84 Å². The van der Waals surface area contributed by atoms with Crippen molar-refractivity contribution in [2.75, 3.05) is 13.7 Å². The molecule has 0 aliphatic heterocycles. The molecule has 0 spiro atoms. The zero-order valence-electron chi connectivity index (χ0n) is 10.3. The second kappa shape index (κ2) is 5.12. The average Bonchev–Trinajstić information content (AvgIpc) is 2.25. The van der Waals surface area contributed by atoms with Crippen LogP contribution in [0.1, 0.15) is 32.6 Å². The first-order valence-corrected chi connectivity index (χ1v) is 5.31. The normalized spacial score (nSPS) is 10.3. The Labute approximate surface area is 96.1 Å². The van der Waals surface area contributed by atoms with E-state index in [1.54, 1.807) is 0 Å². The first-order chi connectivity index (χ1) is 7.52. The summed E-state index contributed by atoms with van der Waals surface area (Å²) < 4.78 is 4.78. The summed E-state index contributed by atoms with van der Waals surface area (Å²) in [5.74, 6) is -0.330. The summed E-state index contributed by atoms with van der Waals surface area (Å²) in [4.78, 5) is 11.7. The molecule has 0 fully saturated rings. The van der Waals surface area contributed by atoms with E-state index in [1.165, 1.54) is 7.11 Å². The van der Waals surface area contributed by atoms with Crippen LogP contribution in [0.4, 0.5) is 0 Å². The van der Waals surface area contributed by atoms with Crippen LogP contribution in [0, 0.1) is 20.8 Å². The highest BCUT2D eigenvalue weighted by Gasteiger charge is 2.17. The highest BCUT2D eigenvalue weighted by atomic mass is 16.5. The molecule has 0 unspecified atom stereocenters. The quantitative estimate of drug-likeness (QED) is 0.795. The standard InChI is InChI=1S/C13H18O3/c1-8-7-9(2)12(13(15)16-4)11(5-6-14)10(8)3/h7,14H,5-6H2,1-4H3. The van der Waals surface area contributed by atoms with Gasteiger partial charge in [-0.15, -0.1) is 0 Å². The number of aryl methyl sites for hydroxylation is 2. The van der Waals surface area contributed by atoms with Gasteiger partial charge in [0.1, 0.15) is 0 Å². The van der Waals surface area contributed by atoms with Gasteiger partial charge in [0.15, 0.2) is 0 Å². The summed E-state index contributed by atoms with van der Waals surface area (Å²) in [6, 6.07) is 1.97. The fourth-order valence-electron chi connectivity index (χ4n) is 1.98. The van der Waals surface area contributed by atoms with Crippen LogP contribution in [0.3, 0.4) is 0 Å². The van der Waals surface area contributed by atoms with Crippen LogP contribution in [-0.4, -0.2) is 24.8 Å². The van der Waals surface area contributed by atoms with Crippen LogP contribution < -0.4 is 0 Å². The molecule has 3 heteroatoms. The summed E-state index contributed by atoms with van der Waals surface area (Å²) in [6.45, 7) is 5.89. The smallest absolute Gasteiger partial charge is 0.338 e. The fourth-order valence-corrected chi connectivity index (χ4v) is 1.98. The number of hydrogen-bond acceptors (Lipinski definition) is 3. The molecule has 1 aromatic carbocycles. The molecule has 3 nitrogen and oxygen atoms in total. The molecule has 0 aliphatic carbocycles. The van der Waals surface area contributed by atoms with E-state index in [9.17, 15) is 4.79 Å². The van der Waals surface area contributed by atoms with Crippen molar-refractivity contribution in [2.24, 2.45) is 0 Å². The Kier molecular flexibility index (Phi) is 4.07. The Balaban J connectivity index is 3.44. The minimum Gasteiger partial charge on any atom is -0.465 e. The van der Waals surface area contributed by atoms with Gasteiger partial charge in [-0.05, 0) is 49.4 Å². The first kappa shape index (κ1) is 12.7. The highest BCUT2D eigenvalue weighted by molar-refractivity contribution is 5.93.